The molecule has 1 amide bonds. The third kappa shape index (κ3) is 4.45. The molecular weight excluding hydrogens is 284 g/mol. The van der Waals surface area contributed by atoms with Crippen LogP contribution in [0.2, 0.25) is 0 Å². The van der Waals surface area contributed by atoms with Gasteiger partial charge in [0.25, 0.3) is 5.91 Å². The first-order valence-electron chi connectivity index (χ1n) is 7.74. The molecule has 1 saturated heterocycles. The lowest BCUT2D eigenvalue weighted by Crippen LogP contribution is -2.44. The molecule has 1 aliphatic rings. The zero-order valence-corrected chi connectivity index (χ0v) is 13.9. The number of amides is 1. The van der Waals surface area contributed by atoms with Gasteiger partial charge in [0.2, 0.25) is 0 Å². The van der Waals surface area contributed by atoms with Crippen LogP contribution in [-0.4, -0.2) is 29.9 Å². The van der Waals surface area contributed by atoms with E-state index in [4.69, 9.17) is 5.73 Å². The van der Waals surface area contributed by atoms with E-state index in [1.165, 1.54) is 12.0 Å². The summed E-state index contributed by atoms with van der Waals surface area (Å²) in [6.45, 7) is 5.85. The lowest BCUT2D eigenvalue weighted by atomic mass is 9.97. The first kappa shape index (κ1) is 18.0. The monoisotopic (exact) mass is 310 g/mol. The molecule has 0 bridgehead atoms. The number of benzene rings is 1. The quantitative estimate of drug-likeness (QED) is 0.924. The van der Waals surface area contributed by atoms with Crippen LogP contribution in [-0.2, 0) is 0 Å². The normalized spacial score (nSPS) is 18.5. The predicted molar refractivity (Wildman–Crippen MR) is 90.1 cm³/mol. The lowest BCUT2D eigenvalue weighted by Gasteiger charge is -2.35. The smallest absolute Gasteiger partial charge is 0.254 e. The molecule has 0 spiro atoms. The molecule has 0 radical (unpaired) electrons. The van der Waals surface area contributed by atoms with E-state index >= 15 is 0 Å². The van der Waals surface area contributed by atoms with Crippen molar-refractivity contribution < 1.29 is 4.79 Å². The summed E-state index contributed by atoms with van der Waals surface area (Å²) in [4.78, 5) is 14.7. The number of nitrogens with zero attached hydrogens (tertiary/aromatic N) is 1. The number of halogens is 1. The number of carbonyl (C=O) groups excluding carboxylic acids is 1. The van der Waals surface area contributed by atoms with Gasteiger partial charge in [0.1, 0.15) is 0 Å². The van der Waals surface area contributed by atoms with Crippen LogP contribution in [0.1, 0.15) is 61.4 Å². The first-order chi connectivity index (χ1) is 9.63. The van der Waals surface area contributed by atoms with Gasteiger partial charge in [-0.15, -0.1) is 12.4 Å². The molecule has 118 valence electrons. The lowest BCUT2D eigenvalue weighted by molar-refractivity contribution is 0.0605. The van der Waals surface area contributed by atoms with Crippen molar-refractivity contribution in [2.45, 2.75) is 51.5 Å². The Morgan fingerprint density at radius 1 is 1.29 bits per heavy atom. The summed E-state index contributed by atoms with van der Waals surface area (Å²) in [5.41, 5.74) is 7.76. The van der Waals surface area contributed by atoms with Crippen molar-refractivity contribution in [1.82, 2.24) is 4.90 Å². The van der Waals surface area contributed by atoms with Crippen molar-refractivity contribution in [1.29, 1.82) is 0 Å². The zero-order valence-electron chi connectivity index (χ0n) is 13.0. The zero-order chi connectivity index (χ0) is 14.5. The summed E-state index contributed by atoms with van der Waals surface area (Å²) in [7, 11) is 0. The molecule has 21 heavy (non-hydrogen) atoms. The average molecular weight is 311 g/mol. The first-order valence-corrected chi connectivity index (χ1v) is 7.74. The largest absolute Gasteiger partial charge is 0.336 e. The van der Waals surface area contributed by atoms with Crippen molar-refractivity contribution >= 4 is 18.3 Å². The van der Waals surface area contributed by atoms with E-state index in [2.05, 4.69) is 26.0 Å². The third-order valence-electron chi connectivity index (χ3n) is 4.21. The molecular formula is C17H27ClN2O. The summed E-state index contributed by atoms with van der Waals surface area (Å²) in [6, 6.07) is 8.39. The van der Waals surface area contributed by atoms with Gasteiger partial charge < -0.3 is 10.6 Å². The van der Waals surface area contributed by atoms with Crippen LogP contribution in [0.15, 0.2) is 24.3 Å². The van der Waals surface area contributed by atoms with Crippen LogP contribution in [0.4, 0.5) is 0 Å². The Morgan fingerprint density at radius 3 is 2.52 bits per heavy atom. The second kappa shape index (κ2) is 8.40. The molecule has 2 rings (SSSR count). The Balaban J connectivity index is 0.00000220. The summed E-state index contributed by atoms with van der Waals surface area (Å²) in [6.07, 6.45) is 4.32. The van der Waals surface area contributed by atoms with Gasteiger partial charge in [0, 0.05) is 18.2 Å². The highest BCUT2D eigenvalue weighted by Crippen LogP contribution is 2.22. The molecule has 3 nitrogen and oxygen atoms in total. The minimum atomic E-state index is 0. The molecule has 1 unspecified atom stereocenters. The molecule has 1 heterocycles. The van der Waals surface area contributed by atoms with Gasteiger partial charge >= 0.3 is 0 Å². The minimum Gasteiger partial charge on any atom is -0.336 e. The predicted octanol–water partition coefficient (Wildman–Crippen LogP) is 3.58. The van der Waals surface area contributed by atoms with E-state index in [1.54, 1.807) is 0 Å². The van der Waals surface area contributed by atoms with Crippen molar-refractivity contribution in [3.63, 3.8) is 0 Å². The SMILES string of the molecule is CC(C)c1ccc(C(=O)N2CCCCC2CCN)cc1.Cl. The van der Waals surface area contributed by atoms with Gasteiger partial charge in [-0.2, -0.15) is 0 Å². The van der Waals surface area contributed by atoms with Crippen LogP contribution < -0.4 is 5.73 Å². The van der Waals surface area contributed by atoms with Gasteiger partial charge in [-0.05, 0) is 55.8 Å². The van der Waals surface area contributed by atoms with Crippen molar-refractivity contribution in [2.24, 2.45) is 5.73 Å². The molecule has 1 aromatic rings. The molecule has 1 aromatic carbocycles. The summed E-state index contributed by atoms with van der Waals surface area (Å²) in [5.74, 6) is 0.664. The summed E-state index contributed by atoms with van der Waals surface area (Å²) in [5, 5.41) is 0. The maximum absolute atomic E-state index is 12.7. The molecule has 0 aromatic heterocycles. The highest BCUT2D eigenvalue weighted by molar-refractivity contribution is 5.94. The molecule has 2 N–H and O–H groups in total. The Hall–Kier alpha value is -1.06. The molecule has 4 heteroatoms. The Bertz CT molecular complexity index is 443. The van der Waals surface area contributed by atoms with Crippen LogP contribution in [0, 0.1) is 0 Å². The van der Waals surface area contributed by atoms with E-state index in [-0.39, 0.29) is 18.3 Å². The molecule has 0 saturated carbocycles. The molecule has 1 atom stereocenters. The van der Waals surface area contributed by atoms with Crippen molar-refractivity contribution in [3.8, 4) is 0 Å². The Labute approximate surface area is 134 Å². The van der Waals surface area contributed by atoms with E-state index < -0.39 is 0 Å². The molecule has 1 fully saturated rings. The van der Waals surface area contributed by atoms with E-state index in [1.807, 2.05) is 17.0 Å². The van der Waals surface area contributed by atoms with Gasteiger partial charge in [-0.3, -0.25) is 4.79 Å². The minimum absolute atomic E-state index is 0. The summed E-state index contributed by atoms with van der Waals surface area (Å²) >= 11 is 0. The van der Waals surface area contributed by atoms with Crippen molar-refractivity contribution in [3.05, 3.63) is 35.4 Å². The molecule has 1 aliphatic heterocycles. The average Bonchev–Trinajstić information content (AvgIpc) is 2.47. The number of likely N-dealkylation sites (tertiary alicyclic amines) is 1. The number of hydrogen-bond donors (Lipinski definition) is 1. The van der Waals surface area contributed by atoms with Crippen LogP contribution in [0.25, 0.3) is 0 Å². The number of rotatable bonds is 4. The number of nitrogens with two attached hydrogens (primary N) is 1. The third-order valence-corrected chi connectivity index (χ3v) is 4.21. The maximum atomic E-state index is 12.7. The van der Waals surface area contributed by atoms with Gasteiger partial charge in [0.15, 0.2) is 0 Å². The van der Waals surface area contributed by atoms with Gasteiger partial charge in [-0.25, -0.2) is 0 Å². The fourth-order valence-corrected chi connectivity index (χ4v) is 2.94. The number of carbonyl (C=O) groups is 1. The maximum Gasteiger partial charge on any atom is 0.254 e. The van der Waals surface area contributed by atoms with Crippen LogP contribution in [0.5, 0.6) is 0 Å². The Morgan fingerprint density at radius 2 is 1.95 bits per heavy atom. The summed E-state index contributed by atoms with van der Waals surface area (Å²) < 4.78 is 0. The standard InChI is InChI=1S/C17H26N2O.ClH/c1-13(2)14-6-8-15(9-7-14)17(20)19-12-4-3-5-16(19)10-11-18;/h6-9,13,16H,3-5,10-12,18H2,1-2H3;1H. The van der Waals surface area contributed by atoms with Gasteiger partial charge in [-0.1, -0.05) is 26.0 Å². The highest BCUT2D eigenvalue weighted by atomic mass is 35.5. The highest BCUT2D eigenvalue weighted by Gasteiger charge is 2.26. The van der Waals surface area contributed by atoms with Crippen LogP contribution in [0.3, 0.4) is 0 Å². The van der Waals surface area contributed by atoms with Gasteiger partial charge in [0.05, 0.1) is 0 Å². The second-order valence-electron chi connectivity index (χ2n) is 6.00. The molecule has 0 aliphatic carbocycles. The fraction of sp³-hybridized carbons (Fsp3) is 0.588. The second-order valence-corrected chi connectivity index (χ2v) is 6.00. The topological polar surface area (TPSA) is 46.3 Å². The van der Waals surface area contributed by atoms with E-state index in [9.17, 15) is 4.79 Å². The van der Waals surface area contributed by atoms with E-state index in [0.717, 1.165) is 31.4 Å². The fourth-order valence-electron chi connectivity index (χ4n) is 2.94. The van der Waals surface area contributed by atoms with E-state index in [0.29, 0.717) is 18.5 Å². The van der Waals surface area contributed by atoms with Crippen molar-refractivity contribution in [2.75, 3.05) is 13.1 Å². The number of piperidine rings is 1. The Kier molecular flexibility index (Phi) is 7.20. The number of hydrogen-bond acceptors (Lipinski definition) is 2. The van der Waals surface area contributed by atoms with Crippen LogP contribution >= 0.6 is 12.4 Å².